The number of nitrogens with one attached hydrogen (secondary N) is 1. The Kier molecular flexibility index (Phi) is 2.29. The first kappa shape index (κ1) is 12.4. The van der Waals surface area contributed by atoms with E-state index >= 15 is 0 Å². The third-order valence-electron chi connectivity index (χ3n) is 4.03. The number of aliphatic hydroxyl groups excluding tert-OH is 2. The van der Waals surface area contributed by atoms with E-state index in [2.05, 4.69) is 20.3 Å². The summed E-state index contributed by atoms with van der Waals surface area (Å²) < 4.78 is 7.18. The van der Waals surface area contributed by atoms with Gasteiger partial charge in [-0.05, 0) is 0 Å². The highest BCUT2D eigenvalue weighted by molar-refractivity contribution is 5.90. The van der Waals surface area contributed by atoms with E-state index in [0.717, 1.165) is 0 Å². The molecule has 2 aliphatic heterocycles. The molecular formula is C11H12N6O4. The van der Waals surface area contributed by atoms with Gasteiger partial charge in [0.05, 0.1) is 12.9 Å². The average Bonchev–Trinajstić information content (AvgIpc) is 3.09. The summed E-state index contributed by atoms with van der Waals surface area (Å²) in [4.78, 5) is 23.9. The Morgan fingerprint density at radius 1 is 1.48 bits per heavy atom. The Balaban J connectivity index is 1.82. The number of ether oxygens (including phenoxy) is 1. The van der Waals surface area contributed by atoms with Crippen molar-refractivity contribution >= 4 is 22.9 Å². The number of aliphatic hydroxyl groups is 2. The van der Waals surface area contributed by atoms with Crippen LogP contribution in [0.1, 0.15) is 6.23 Å². The van der Waals surface area contributed by atoms with Crippen LogP contribution in [0.15, 0.2) is 12.7 Å². The summed E-state index contributed by atoms with van der Waals surface area (Å²) in [5, 5.41) is 22.2. The number of hydrogen-bond donors (Lipinski definition) is 4. The van der Waals surface area contributed by atoms with Crippen molar-refractivity contribution in [1.82, 2.24) is 24.8 Å². The molecule has 2 aliphatic rings. The van der Waals surface area contributed by atoms with E-state index in [-0.39, 0.29) is 5.82 Å². The van der Waals surface area contributed by atoms with Gasteiger partial charge in [0.1, 0.15) is 24.0 Å². The number of imidazole rings is 1. The molecular weight excluding hydrogens is 280 g/mol. The molecule has 4 heterocycles. The highest BCUT2D eigenvalue weighted by Gasteiger charge is 2.66. The number of hydrogen-bond acceptors (Lipinski definition) is 8. The maximum absolute atomic E-state index is 11.8. The standard InChI is InChI=1S/C11H12N6O4/c12-7-5-8(14-2-13-7)17(3-15-5)9-4-6(19)11(1-18,21-9)10(20)16-4/h2-4,6,9,18-19H,1H2,(H,16,20)(H2,12,13,14)/t4?,6?,9-,11+/m1/s1. The van der Waals surface area contributed by atoms with Crippen molar-refractivity contribution in [3.8, 4) is 0 Å². The van der Waals surface area contributed by atoms with Gasteiger partial charge in [-0.1, -0.05) is 0 Å². The molecule has 0 radical (unpaired) electrons. The zero-order valence-corrected chi connectivity index (χ0v) is 10.7. The highest BCUT2D eigenvalue weighted by Crippen LogP contribution is 2.42. The van der Waals surface area contributed by atoms with Crippen LogP contribution in [-0.2, 0) is 9.53 Å². The first-order valence-corrected chi connectivity index (χ1v) is 6.29. The Bertz CT molecular complexity index is 747. The van der Waals surface area contributed by atoms with Crippen molar-refractivity contribution in [2.75, 3.05) is 12.3 Å². The number of nitrogens with zero attached hydrogens (tertiary/aromatic N) is 4. The van der Waals surface area contributed by atoms with Crippen LogP contribution in [0, 0.1) is 0 Å². The summed E-state index contributed by atoms with van der Waals surface area (Å²) >= 11 is 0. The number of amides is 1. The van der Waals surface area contributed by atoms with Crippen LogP contribution >= 0.6 is 0 Å². The van der Waals surface area contributed by atoms with Gasteiger partial charge in [-0.15, -0.1) is 0 Å². The molecule has 0 aromatic carbocycles. The molecule has 1 amide bonds. The second-order valence-corrected chi connectivity index (χ2v) is 5.08. The number of fused-ring (bicyclic) bond motifs is 3. The van der Waals surface area contributed by atoms with Gasteiger partial charge in [0.15, 0.2) is 23.3 Å². The summed E-state index contributed by atoms with van der Waals surface area (Å²) in [5.74, 6) is -0.305. The SMILES string of the molecule is Nc1ncnc2c1ncn2[C@@H]1O[C@]2(CO)C(=O)NC1C2O. The molecule has 0 saturated carbocycles. The molecule has 2 bridgehead atoms. The summed E-state index contributed by atoms with van der Waals surface area (Å²) in [7, 11) is 0. The summed E-state index contributed by atoms with van der Waals surface area (Å²) in [6.45, 7) is -0.614. The lowest BCUT2D eigenvalue weighted by atomic mass is 10.00. The van der Waals surface area contributed by atoms with E-state index < -0.39 is 36.5 Å². The Morgan fingerprint density at radius 3 is 3.00 bits per heavy atom. The van der Waals surface area contributed by atoms with E-state index in [4.69, 9.17) is 10.5 Å². The third-order valence-corrected chi connectivity index (χ3v) is 4.03. The minimum Gasteiger partial charge on any atom is -0.393 e. The average molecular weight is 292 g/mol. The summed E-state index contributed by atoms with van der Waals surface area (Å²) in [6, 6.07) is -0.696. The lowest BCUT2D eigenvalue weighted by Gasteiger charge is -2.28. The lowest BCUT2D eigenvalue weighted by molar-refractivity contribution is -0.169. The number of carbonyl (C=O) groups excluding carboxylic acids is 1. The first-order valence-electron chi connectivity index (χ1n) is 6.29. The highest BCUT2D eigenvalue weighted by atomic mass is 16.6. The number of nitrogen functional groups attached to an aromatic ring is 1. The van der Waals surface area contributed by atoms with Crippen LogP contribution in [0.4, 0.5) is 5.82 Å². The van der Waals surface area contributed by atoms with Crippen LogP contribution in [0.3, 0.4) is 0 Å². The topological polar surface area (TPSA) is 148 Å². The minimum absolute atomic E-state index is 0.225. The molecule has 21 heavy (non-hydrogen) atoms. The van der Waals surface area contributed by atoms with Gasteiger partial charge in [-0.3, -0.25) is 9.36 Å². The zero-order chi connectivity index (χ0) is 14.8. The van der Waals surface area contributed by atoms with Crippen molar-refractivity contribution in [3.63, 3.8) is 0 Å². The van der Waals surface area contributed by atoms with Crippen molar-refractivity contribution in [2.45, 2.75) is 24.0 Å². The number of nitrogens with two attached hydrogens (primary N) is 1. The van der Waals surface area contributed by atoms with Crippen molar-refractivity contribution in [2.24, 2.45) is 0 Å². The molecule has 4 atom stereocenters. The largest absolute Gasteiger partial charge is 0.393 e. The Labute approximate surface area is 117 Å². The van der Waals surface area contributed by atoms with Gasteiger partial charge in [0, 0.05) is 0 Å². The van der Waals surface area contributed by atoms with Crippen LogP contribution in [0.5, 0.6) is 0 Å². The van der Waals surface area contributed by atoms with E-state index in [9.17, 15) is 15.0 Å². The molecule has 2 saturated heterocycles. The van der Waals surface area contributed by atoms with E-state index in [1.54, 1.807) is 4.57 Å². The number of morpholine rings is 1. The van der Waals surface area contributed by atoms with Gasteiger partial charge >= 0.3 is 0 Å². The van der Waals surface area contributed by atoms with Gasteiger partial charge in [-0.25, -0.2) is 15.0 Å². The van der Waals surface area contributed by atoms with Gasteiger partial charge in [0.25, 0.3) is 5.91 Å². The van der Waals surface area contributed by atoms with E-state index in [0.29, 0.717) is 11.2 Å². The number of rotatable bonds is 2. The lowest BCUT2D eigenvalue weighted by Crippen LogP contribution is -2.51. The van der Waals surface area contributed by atoms with Crippen molar-refractivity contribution in [1.29, 1.82) is 0 Å². The molecule has 5 N–H and O–H groups in total. The van der Waals surface area contributed by atoms with Gasteiger partial charge in [-0.2, -0.15) is 0 Å². The zero-order valence-electron chi connectivity index (χ0n) is 10.7. The Hall–Kier alpha value is -2.30. The van der Waals surface area contributed by atoms with Crippen LogP contribution < -0.4 is 11.1 Å². The quantitative estimate of drug-likeness (QED) is 0.475. The fourth-order valence-corrected chi connectivity index (χ4v) is 2.90. The molecule has 2 unspecified atom stereocenters. The fraction of sp³-hybridized carbons (Fsp3) is 0.455. The predicted octanol–water partition coefficient (Wildman–Crippen LogP) is -2.47. The van der Waals surface area contributed by atoms with E-state index in [1.165, 1.54) is 12.7 Å². The molecule has 10 nitrogen and oxygen atoms in total. The molecule has 0 aliphatic carbocycles. The monoisotopic (exact) mass is 292 g/mol. The molecule has 2 fully saturated rings. The molecule has 0 spiro atoms. The number of carbonyl (C=O) groups is 1. The summed E-state index contributed by atoms with van der Waals surface area (Å²) in [6.07, 6.45) is 0.853. The van der Waals surface area contributed by atoms with E-state index in [1.807, 2.05) is 0 Å². The summed E-state index contributed by atoms with van der Waals surface area (Å²) in [5.41, 5.74) is 4.90. The van der Waals surface area contributed by atoms with Gasteiger partial charge in [0.2, 0.25) is 0 Å². The molecule has 4 rings (SSSR count). The van der Waals surface area contributed by atoms with Crippen LogP contribution in [0.2, 0.25) is 0 Å². The van der Waals surface area contributed by atoms with Gasteiger partial charge < -0.3 is 26.0 Å². The smallest absolute Gasteiger partial charge is 0.258 e. The number of anilines is 1. The second kappa shape index (κ2) is 3.87. The maximum atomic E-state index is 11.8. The minimum atomic E-state index is -1.65. The molecule has 2 aromatic heterocycles. The van der Waals surface area contributed by atoms with Crippen LogP contribution in [-0.4, -0.2) is 60.0 Å². The van der Waals surface area contributed by atoms with Crippen molar-refractivity contribution < 1.29 is 19.7 Å². The first-order chi connectivity index (χ1) is 10.1. The normalized spacial score (nSPS) is 34.6. The number of aromatic nitrogens is 4. The molecule has 110 valence electrons. The molecule has 10 heteroatoms. The third kappa shape index (κ3) is 1.36. The fourth-order valence-electron chi connectivity index (χ4n) is 2.90. The maximum Gasteiger partial charge on any atom is 0.258 e. The Morgan fingerprint density at radius 2 is 2.29 bits per heavy atom. The predicted molar refractivity (Wildman–Crippen MR) is 67.6 cm³/mol. The van der Waals surface area contributed by atoms with Crippen LogP contribution in [0.25, 0.3) is 11.2 Å². The molecule has 2 aromatic rings. The second-order valence-electron chi connectivity index (χ2n) is 5.08. The van der Waals surface area contributed by atoms with Crippen molar-refractivity contribution in [3.05, 3.63) is 12.7 Å².